The minimum absolute atomic E-state index is 0.0104. The van der Waals surface area contributed by atoms with Crippen molar-refractivity contribution in [2.24, 2.45) is 0 Å². The summed E-state index contributed by atoms with van der Waals surface area (Å²) in [5, 5.41) is 11.6. The zero-order valence-electron chi connectivity index (χ0n) is 9.43. The predicted octanol–water partition coefficient (Wildman–Crippen LogP) is 2.42. The third kappa shape index (κ3) is 3.27. The van der Waals surface area contributed by atoms with Crippen LogP contribution in [0.5, 0.6) is 5.75 Å². The van der Waals surface area contributed by atoms with Crippen LogP contribution in [-0.4, -0.2) is 24.1 Å². The zero-order chi connectivity index (χ0) is 11.3. The Bertz CT molecular complexity index is 347. The fourth-order valence-electron chi connectivity index (χ4n) is 1.18. The molecule has 0 radical (unpaired) electrons. The van der Waals surface area contributed by atoms with Crippen LogP contribution in [0.15, 0.2) is 24.3 Å². The molecule has 1 atom stereocenters. The van der Waals surface area contributed by atoms with Gasteiger partial charge in [0, 0.05) is 12.0 Å². The van der Waals surface area contributed by atoms with Gasteiger partial charge in [-0.05, 0) is 25.1 Å². The predicted molar refractivity (Wildman–Crippen MR) is 61.5 cm³/mol. The van der Waals surface area contributed by atoms with Crippen LogP contribution in [0.2, 0.25) is 0 Å². The molecule has 1 aromatic rings. The van der Waals surface area contributed by atoms with E-state index in [1.807, 2.05) is 38.1 Å². The highest BCUT2D eigenvalue weighted by Crippen LogP contribution is 2.11. The van der Waals surface area contributed by atoms with Crippen molar-refractivity contribution in [1.29, 1.82) is 0 Å². The summed E-state index contributed by atoms with van der Waals surface area (Å²) < 4.78 is 6.06. The molecule has 0 saturated carbocycles. The van der Waals surface area contributed by atoms with Crippen molar-refractivity contribution in [2.75, 3.05) is 7.11 Å². The highest BCUT2D eigenvalue weighted by Gasteiger charge is 2.05. The molecule has 0 amide bonds. The highest BCUT2D eigenvalue weighted by atomic mass is 16.5. The second-order valence-electron chi connectivity index (χ2n) is 3.52. The lowest BCUT2D eigenvalue weighted by molar-refractivity contribution is -0.492. The van der Waals surface area contributed by atoms with Gasteiger partial charge in [0.2, 0.25) is 0 Å². The molecule has 82 valence electrons. The summed E-state index contributed by atoms with van der Waals surface area (Å²) >= 11 is 0. The van der Waals surface area contributed by atoms with Crippen LogP contribution in [0.3, 0.4) is 0 Å². The maximum Gasteiger partial charge on any atom is 0.182 e. The molecule has 1 aromatic carbocycles. The monoisotopic (exact) mass is 207 g/mol. The summed E-state index contributed by atoms with van der Waals surface area (Å²) in [6, 6.07) is 7.46. The van der Waals surface area contributed by atoms with E-state index in [1.54, 1.807) is 13.3 Å². The SMILES string of the molecule is CCC(C)/[N+]([O-])=C/c1cccc(OC)c1. The molecule has 0 heterocycles. The van der Waals surface area contributed by atoms with E-state index in [1.165, 1.54) is 0 Å². The number of benzene rings is 1. The first-order valence-electron chi connectivity index (χ1n) is 5.11. The molecule has 15 heavy (non-hydrogen) atoms. The molecule has 0 aliphatic rings. The van der Waals surface area contributed by atoms with E-state index in [9.17, 15) is 5.21 Å². The lowest BCUT2D eigenvalue weighted by Gasteiger charge is -2.10. The second-order valence-corrected chi connectivity index (χ2v) is 3.52. The van der Waals surface area contributed by atoms with Crippen molar-refractivity contribution in [1.82, 2.24) is 0 Å². The molecule has 0 N–H and O–H groups in total. The number of hydroxylamine groups is 1. The topological polar surface area (TPSA) is 35.3 Å². The van der Waals surface area contributed by atoms with Crippen molar-refractivity contribution in [2.45, 2.75) is 26.3 Å². The number of nitrogens with zero attached hydrogens (tertiary/aromatic N) is 1. The summed E-state index contributed by atoms with van der Waals surface area (Å²) in [6.07, 6.45) is 2.43. The molecule has 3 nitrogen and oxygen atoms in total. The van der Waals surface area contributed by atoms with Gasteiger partial charge < -0.3 is 9.94 Å². The van der Waals surface area contributed by atoms with Crippen LogP contribution in [0.25, 0.3) is 0 Å². The molecule has 0 bridgehead atoms. The van der Waals surface area contributed by atoms with Crippen molar-refractivity contribution in [3.8, 4) is 5.75 Å². The Kier molecular flexibility index (Phi) is 4.16. The van der Waals surface area contributed by atoms with Gasteiger partial charge in [0.25, 0.3) is 0 Å². The number of rotatable bonds is 4. The van der Waals surface area contributed by atoms with Gasteiger partial charge in [0.05, 0.1) is 7.11 Å². The van der Waals surface area contributed by atoms with Gasteiger partial charge in [-0.2, -0.15) is 0 Å². The second kappa shape index (κ2) is 5.39. The summed E-state index contributed by atoms with van der Waals surface area (Å²) in [5.41, 5.74) is 0.865. The number of hydrogen-bond donors (Lipinski definition) is 0. The van der Waals surface area contributed by atoms with Crippen LogP contribution < -0.4 is 4.74 Å². The van der Waals surface area contributed by atoms with E-state index in [0.717, 1.165) is 22.5 Å². The smallest absolute Gasteiger partial charge is 0.182 e. The number of hydrogen-bond acceptors (Lipinski definition) is 2. The van der Waals surface area contributed by atoms with Gasteiger partial charge in [-0.25, -0.2) is 4.74 Å². The van der Waals surface area contributed by atoms with Gasteiger partial charge in [-0.15, -0.1) is 0 Å². The first kappa shape index (κ1) is 11.6. The quantitative estimate of drug-likeness (QED) is 0.329. The number of ether oxygens (including phenoxy) is 1. The van der Waals surface area contributed by atoms with Crippen molar-refractivity contribution >= 4 is 6.21 Å². The standard InChI is InChI=1S/C12H17NO2/c1-4-10(2)13(14)9-11-6-5-7-12(8-11)15-3/h5-10H,4H2,1-3H3/b13-9-. The summed E-state index contributed by atoms with van der Waals surface area (Å²) in [5.74, 6) is 0.765. The molecule has 0 fully saturated rings. The lowest BCUT2D eigenvalue weighted by atomic mass is 10.2. The van der Waals surface area contributed by atoms with Crippen LogP contribution in [-0.2, 0) is 0 Å². The Balaban J connectivity index is 2.87. The molecule has 0 aromatic heterocycles. The molecule has 1 rings (SSSR count). The van der Waals surface area contributed by atoms with Gasteiger partial charge in [-0.1, -0.05) is 13.0 Å². The molecule has 0 aliphatic heterocycles. The first-order chi connectivity index (χ1) is 7.17. The van der Waals surface area contributed by atoms with Gasteiger partial charge in [0.1, 0.15) is 5.75 Å². The normalized spacial score (nSPS) is 13.7. The van der Waals surface area contributed by atoms with E-state index in [2.05, 4.69) is 0 Å². The highest BCUT2D eigenvalue weighted by molar-refractivity contribution is 5.76. The molecule has 0 saturated heterocycles. The average molecular weight is 207 g/mol. The van der Waals surface area contributed by atoms with Crippen LogP contribution in [0, 0.1) is 5.21 Å². The third-order valence-electron chi connectivity index (χ3n) is 2.40. The van der Waals surface area contributed by atoms with Crippen molar-refractivity contribution in [3.05, 3.63) is 35.0 Å². The Labute approximate surface area is 90.6 Å². The van der Waals surface area contributed by atoms with E-state index in [-0.39, 0.29) is 6.04 Å². The van der Waals surface area contributed by atoms with E-state index < -0.39 is 0 Å². The Hall–Kier alpha value is -1.51. The summed E-state index contributed by atoms with van der Waals surface area (Å²) in [6.45, 7) is 3.90. The molecule has 3 heteroatoms. The van der Waals surface area contributed by atoms with E-state index in [4.69, 9.17) is 4.74 Å². The largest absolute Gasteiger partial charge is 0.624 e. The van der Waals surface area contributed by atoms with Crippen molar-refractivity contribution < 1.29 is 9.48 Å². The average Bonchev–Trinajstić information content (AvgIpc) is 2.28. The van der Waals surface area contributed by atoms with E-state index >= 15 is 0 Å². The Morgan fingerprint density at radius 1 is 1.53 bits per heavy atom. The summed E-state index contributed by atoms with van der Waals surface area (Å²) in [7, 11) is 1.61. The Morgan fingerprint density at radius 3 is 2.87 bits per heavy atom. The Morgan fingerprint density at radius 2 is 2.27 bits per heavy atom. The molecule has 0 spiro atoms. The fourth-order valence-corrected chi connectivity index (χ4v) is 1.18. The van der Waals surface area contributed by atoms with Crippen LogP contribution in [0.1, 0.15) is 25.8 Å². The van der Waals surface area contributed by atoms with E-state index in [0.29, 0.717) is 0 Å². The molecular weight excluding hydrogens is 190 g/mol. The molecular formula is C12H17NO2. The summed E-state index contributed by atoms with van der Waals surface area (Å²) in [4.78, 5) is 0. The third-order valence-corrected chi connectivity index (χ3v) is 2.40. The van der Waals surface area contributed by atoms with Crippen molar-refractivity contribution in [3.63, 3.8) is 0 Å². The van der Waals surface area contributed by atoms with Gasteiger partial charge in [0.15, 0.2) is 12.3 Å². The fraction of sp³-hybridized carbons (Fsp3) is 0.417. The maximum atomic E-state index is 11.6. The number of methoxy groups -OCH3 is 1. The minimum Gasteiger partial charge on any atom is -0.624 e. The molecule has 0 aliphatic carbocycles. The van der Waals surface area contributed by atoms with Gasteiger partial charge in [-0.3, -0.25) is 0 Å². The maximum absolute atomic E-state index is 11.6. The van der Waals surface area contributed by atoms with Crippen LogP contribution in [0.4, 0.5) is 0 Å². The lowest BCUT2D eigenvalue weighted by Crippen LogP contribution is -2.17. The zero-order valence-corrected chi connectivity index (χ0v) is 9.43. The molecule has 1 unspecified atom stereocenters. The van der Waals surface area contributed by atoms with Gasteiger partial charge >= 0.3 is 0 Å². The van der Waals surface area contributed by atoms with Crippen LogP contribution >= 0.6 is 0 Å². The first-order valence-corrected chi connectivity index (χ1v) is 5.11. The minimum atomic E-state index is 0.0104.